The fourth-order valence-corrected chi connectivity index (χ4v) is 2.29. The summed E-state index contributed by atoms with van der Waals surface area (Å²) in [5.74, 6) is -0.179. The van der Waals surface area contributed by atoms with Crippen molar-refractivity contribution in [2.45, 2.75) is 20.3 Å². The first-order valence-corrected chi connectivity index (χ1v) is 7.80. The molecule has 0 bridgehead atoms. The second-order valence-corrected chi connectivity index (χ2v) is 6.68. The predicted molar refractivity (Wildman–Crippen MR) is 70.7 cm³/mol. The first-order chi connectivity index (χ1) is 7.70. The van der Waals surface area contributed by atoms with Crippen LogP contribution in [-0.2, 0) is 10.1 Å². The van der Waals surface area contributed by atoms with Crippen LogP contribution in [-0.4, -0.2) is 74.9 Å². The zero-order valence-electron chi connectivity index (χ0n) is 11.5. The van der Waals surface area contributed by atoms with Crippen molar-refractivity contribution in [2.24, 2.45) is 0 Å². The van der Waals surface area contributed by atoms with Gasteiger partial charge >= 0.3 is 0 Å². The van der Waals surface area contributed by atoms with E-state index in [4.69, 9.17) is 4.55 Å². The minimum Gasteiger partial charge on any atom is -0.327 e. The van der Waals surface area contributed by atoms with Gasteiger partial charge in [0.1, 0.15) is 0 Å². The molecule has 17 heavy (non-hydrogen) atoms. The van der Waals surface area contributed by atoms with Gasteiger partial charge in [-0.15, -0.1) is 0 Å². The minimum atomic E-state index is -3.84. The fourth-order valence-electron chi connectivity index (χ4n) is 1.80. The lowest BCUT2D eigenvalue weighted by molar-refractivity contribution is -0.889. The highest BCUT2D eigenvalue weighted by Crippen LogP contribution is 2.00. The van der Waals surface area contributed by atoms with Gasteiger partial charge in [-0.2, -0.15) is 8.42 Å². The van der Waals surface area contributed by atoms with Gasteiger partial charge in [0.05, 0.1) is 32.9 Å². The van der Waals surface area contributed by atoms with Gasteiger partial charge in [0.15, 0.2) is 0 Å². The van der Waals surface area contributed by atoms with Crippen molar-refractivity contribution in [1.82, 2.24) is 4.90 Å². The summed E-state index contributed by atoms with van der Waals surface area (Å²) >= 11 is 0. The Morgan fingerprint density at radius 1 is 1.12 bits per heavy atom. The summed E-state index contributed by atoms with van der Waals surface area (Å²) in [4.78, 5) is 2.06. The van der Waals surface area contributed by atoms with Gasteiger partial charge in [-0.05, 0) is 13.0 Å². The maximum absolute atomic E-state index is 10.7. The Labute approximate surface area is 106 Å². The van der Waals surface area contributed by atoms with Crippen molar-refractivity contribution in [3.05, 3.63) is 0 Å². The van der Waals surface area contributed by atoms with E-state index in [0.717, 1.165) is 37.1 Å². The molecule has 0 aromatic heterocycles. The monoisotopic (exact) mass is 267 g/mol. The van der Waals surface area contributed by atoms with Crippen molar-refractivity contribution >= 4 is 10.1 Å². The molecule has 0 unspecified atom stereocenters. The fraction of sp³-hybridized carbons (Fsp3) is 1.00. The van der Waals surface area contributed by atoms with E-state index in [0.29, 0.717) is 6.54 Å². The van der Waals surface area contributed by atoms with Gasteiger partial charge in [0.25, 0.3) is 10.1 Å². The molecule has 0 heterocycles. The average Bonchev–Trinajstić information content (AvgIpc) is 2.16. The molecule has 0 amide bonds. The molecule has 0 spiro atoms. The largest absolute Gasteiger partial charge is 0.327 e. The lowest BCUT2D eigenvalue weighted by Gasteiger charge is -2.32. The SMILES string of the molecule is CCC[N+](C)(C)CCN(CC)CCS(=O)(=O)O. The van der Waals surface area contributed by atoms with Crippen molar-refractivity contribution in [2.75, 3.05) is 52.6 Å². The lowest BCUT2D eigenvalue weighted by atomic mass is 10.3. The van der Waals surface area contributed by atoms with Crippen LogP contribution in [0.15, 0.2) is 0 Å². The summed E-state index contributed by atoms with van der Waals surface area (Å²) in [5, 5.41) is 0. The molecule has 0 aromatic carbocycles. The van der Waals surface area contributed by atoms with Gasteiger partial charge in [-0.25, -0.2) is 0 Å². The Hall–Kier alpha value is -0.170. The molecule has 0 atom stereocenters. The van der Waals surface area contributed by atoms with Crippen LogP contribution in [0.25, 0.3) is 0 Å². The number of likely N-dealkylation sites (N-methyl/N-ethyl adjacent to an activating group) is 2. The number of hydrogen-bond donors (Lipinski definition) is 1. The summed E-state index contributed by atoms with van der Waals surface area (Å²) in [6.45, 7) is 8.35. The van der Waals surface area contributed by atoms with Crippen LogP contribution in [0.3, 0.4) is 0 Å². The van der Waals surface area contributed by atoms with Crippen molar-refractivity contribution < 1.29 is 17.5 Å². The van der Waals surface area contributed by atoms with Crippen LogP contribution in [0.2, 0.25) is 0 Å². The van der Waals surface area contributed by atoms with E-state index in [-0.39, 0.29) is 5.75 Å². The molecule has 0 aliphatic heterocycles. The van der Waals surface area contributed by atoms with Crippen LogP contribution in [0.5, 0.6) is 0 Å². The molecule has 6 heteroatoms. The molecule has 5 nitrogen and oxygen atoms in total. The average molecular weight is 267 g/mol. The van der Waals surface area contributed by atoms with Crippen LogP contribution in [0, 0.1) is 0 Å². The topological polar surface area (TPSA) is 57.6 Å². The summed E-state index contributed by atoms with van der Waals surface area (Å²) in [7, 11) is 0.521. The third-order valence-electron chi connectivity index (χ3n) is 2.96. The highest BCUT2D eigenvalue weighted by molar-refractivity contribution is 7.85. The molecule has 0 fully saturated rings. The molecule has 104 valence electrons. The first kappa shape index (κ1) is 16.8. The predicted octanol–water partition coefficient (Wildman–Crippen LogP) is 0.683. The molecule has 0 radical (unpaired) electrons. The van der Waals surface area contributed by atoms with E-state index in [2.05, 4.69) is 25.9 Å². The Balaban J connectivity index is 4.06. The van der Waals surface area contributed by atoms with Gasteiger partial charge in [0.2, 0.25) is 0 Å². The van der Waals surface area contributed by atoms with Crippen LogP contribution in [0.4, 0.5) is 0 Å². The number of quaternary nitrogens is 1. The summed E-state index contributed by atoms with van der Waals surface area (Å²) < 4.78 is 31.0. The Bertz CT molecular complexity index is 302. The van der Waals surface area contributed by atoms with E-state index in [1.807, 2.05) is 6.92 Å². The summed E-state index contributed by atoms with van der Waals surface area (Å²) in [5.41, 5.74) is 0. The molecule has 1 N–H and O–H groups in total. The maximum atomic E-state index is 10.7. The zero-order valence-corrected chi connectivity index (χ0v) is 12.3. The molecule has 0 saturated heterocycles. The highest BCUT2D eigenvalue weighted by atomic mass is 32.2. The van der Waals surface area contributed by atoms with E-state index >= 15 is 0 Å². The number of rotatable bonds is 9. The Morgan fingerprint density at radius 2 is 1.71 bits per heavy atom. The van der Waals surface area contributed by atoms with Crippen LogP contribution < -0.4 is 0 Å². The van der Waals surface area contributed by atoms with Crippen LogP contribution >= 0.6 is 0 Å². The molecule has 0 aliphatic rings. The highest BCUT2D eigenvalue weighted by Gasteiger charge is 2.16. The quantitative estimate of drug-likeness (QED) is 0.493. The van der Waals surface area contributed by atoms with E-state index in [1.54, 1.807) is 0 Å². The molecular weight excluding hydrogens is 240 g/mol. The smallest absolute Gasteiger partial charge is 0.266 e. The van der Waals surface area contributed by atoms with Crippen LogP contribution in [0.1, 0.15) is 20.3 Å². The van der Waals surface area contributed by atoms with Gasteiger partial charge in [0, 0.05) is 13.1 Å². The number of hydrogen-bond acceptors (Lipinski definition) is 3. The molecule has 0 aromatic rings. The Kier molecular flexibility index (Phi) is 7.23. The second kappa shape index (κ2) is 7.31. The third kappa shape index (κ3) is 9.52. The minimum absolute atomic E-state index is 0.179. The van der Waals surface area contributed by atoms with Crippen molar-refractivity contribution in [3.63, 3.8) is 0 Å². The van der Waals surface area contributed by atoms with Crippen molar-refractivity contribution in [1.29, 1.82) is 0 Å². The normalized spacial score (nSPS) is 13.3. The first-order valence-electron chi connectivity index (χ1n) is 6.19. The van der Waals surface area contributed by atoms with E-state index < -0.39 is 10.1 Å². The van der Waals surface area contributed by atoms with E-state index in [1.165, 1.54) is 0 Å². The maximum Gasteiger partial charge on any atom is 0.266 e. The Morgan fingerprint density at radius 3 is 2.12 bits per heavy atom. The standard InChI is InChI=1S/C11H26N2O3S/c1-5-9-13(3,4)10-7-12(6-2)8-11-17(14,15)16/h5-11H2,1-4H3/p+1. The third-order valence-corrected chi connectivity index (χ3v) is 3.66. The zero-order chi connectivity index (χ0) is 13.5. The van der Waals surface area contributed by atoms with E-state index in [9.17, 15) is 8.42 Å². The molecule has 0 rings (SSSR count). The van der Waals surface area contributed by atoms with Gasteiger partial charge in [-0.3, -0.25) is 9.45 Å². The summed E-state index contributed by atoms with van der Waals surface area (Å²) in [6.07, 6.45) is 1.14. The number of nitrogens with zero attached hydrogens (tertiary/aromatic N) is 2. The lowest BCUT2D eigenvalue weighted by Crippen LogP contribution is -2.46. The molecule has 0 aliphatic carbocycles. The molecule has 0 saturated carbocycles. The van der Waals surface area contributed by atoms with Gasteiger partial charge < -0.3 is 4.48 Å². The van der Waals surface area contributed by atoms with Crippen molar-refractivity contribution in [3.8, 4) is 0 Å². The summed E-state index contributed by atoms with van der Waals surface area (Å²) in [6, 6.07) is 0. The van der Waals surface area contributed by atoms with Gasteiger partial charge in [-0.1, -0.05) is 13.8 Å². The second-order valence-electron chi connectivity index (χ2n) is 5.10. The molecular formula is C11H27N2O3S+.